The van der Waals surface area contributed by atoms with Gasteiger partial charge in [-0.05, 0) is 18.6 Å². The molecule has 64 valence electrons. The zero-order valence-corrected chi connectivity index (χ0v) is 7.58. The van der Waals surface area contributed by atoms with Crippen LogP contribution in [-0.4, -0.2) is 14.6 Å². The van der Waals surface area contributed by atoms with E-state index in [-0.39, 0.29) is 0 Å². The van der Waals surface area contributed by atoms with E-state index >= 15 is 0 Å². The molecule has 0 saturated heterocycles. The van der Waals surface area contributed by atoms with Crippen LogP contribution in [0.4, 0.5) is 0 Å². The van der Waals surface area contributed by atoms with Crippen LogP contribution in [0.2, 0.25) is 5.15 Å². The molecule has 0 bridgehead atoms. The van der Waals surface area contributed by atoms with Crippen LogP contribution in [0.15, 0.2) is 12.4 Å². The molecule has 2 aromatic heterocycles. The van der Waals surface area contributed by atoms with E-state index in [4.69, 9.17) is 16.9 Å². The molecule has 0 unspecified atom stereocenters. The van der Waals surface area contributed by atoms with E-state index in [2.05, 4.69) is 10.1 Å². The summed E-state index contributed by atoms with van der Waals surface area (Å²) in [6, 6.07) is 3.76. The first-order valence-electron chi connectivity index (χ1n) is 3.63. The van der Waals surface area contributed by atoms with Gasteiger partial charge in [0.2, 0.25) is 0 Å². The van der Waals surface area contributed by atoms with Crippen molar-refractivity contribution in [3.05, 3.63) is 28.8 Å². The van der Waals surface area contributed by atoms with Gasteiger partial charge in [-0.15, -0.1) is 0 Å². The number of nitrogens with zero attached hydrogens (tertiary/aromatic N) is 4. The lowest BCUT2D eigenvalue weighted by Crippen LogP contribution is -1.95. The van der Waals surface area contributed by atoms with Crippen molar-refractivity contribution in [2.75, 3.05) is 0 Å². The largest absolute Gasteiger partial charge is 0.220 e. The molecule has 2 aromatic rings. The molecule has 5 heteroatoms. The first kappa shape index (κ1) is 8.02. The van der Waals surface area contributed by atoms with Crippen LogP contribution in [0.25, 0.3) is 5.52 Å². The Kier molecular flexibility index (Phi) is 1.67. The lowest BCUT2D eigenvalue weighted by atomic mass is 10.3. The average Bonchev–Trinajstić information content (AvgIpc) is 2.44. The summed E-state index contributed by atoms with van der Waals surface area (Å²) in [4.78, 5) is 3.84. The average molecular weight is 193 g/mol. The molecule has 0 aromatic carbocycles. The van der Waals surface area contributed by atoms with Crippen molar-refractivity contribution in [3.63, 3.8) is 0 Å². The summed E-state index contributed by atoms with van der Waals surface area (Å²) in [6.07, 6.45) is 1.33. The Morgan fingerprint density at radius 2 is 2.38 bits per heavy atom. The van der Waals surface area contributed by atoms with E-state index in [1.165, 1.54) is 10.8 Å². The minimum atomic E-state index is 0.369. The van der Waals surface area contributed by atoms with Crippen LogP contribution in [-0.2, 0) is 0 Å². The maximum Gasteiger partial charge on any atom is 0.156 e. The van der Waals surface area contributed by atoms with Gasteiger partial charge in [-0.25, -0.2) is 9.50 Å². The molecule has 0 N–H and O–H groups in total. The highest BCUT2D eigenvalue weighted by molar-refractivity contribution is 6.32. The monoisotopic (exact) mass is 192 g/mol. The number of fused-ring (bicyclic) bond motifs is 1. The Balaban J connectivity index is 2.98. The number of aryl methyl sites for hydroxylation is 1. The fourth-order valence-electron chi connectivity index (χ4n) is 1.26. The Morgan fingerprint density at radius 3 is 3.08 bits per heavy atom. The smallest absolute Gasteiger partial charge is 0.156 e. The zero-order chi connectivity index (χ0) is 9.42. The first-order valence-corrected chi connectivity index (χ1v) is 4.01. The standard InChI is InChI=1S/C8H5ClN4/c1-5-2-6(3-10)13-7(5)8(9)11-4-12-13/h2,4H,1H3. The van der Waals surface area contributed by atoms with Crippen molar-refractivity contribution in [3.8, 4) is 6.07 Å². The number of aromatic nitrogens is 3. The molecule has 0 saturated carbocycles. The topological polar surface area (TPSA) is 54.0 Å². The third-order valence-corrected chi connectivity index (χ3v) is 2.09. The van der Waals surface area contributed by atoms with Gasteiger partial charge >= 0.3 is 0 Å². The van der Waals surface area contributed by atoms with Crippen LogP contribution in [0.5, 0.6) is 0 Å². The Hall–Kier alpha value is -1.60. The molecule has 2 heterocycles. The van der Waals surface area contributed by atoms with E-state index < -0.39 is 0 Å². The van der Waals surface area contributed by atoms with Gasteiger partial charge in [0, 0.05) is 0 Å². The van der Waals surface area contributed by atoms with Gasteiger partial charge in [-0.1, -0.05) is 11.6 Å². The molecule has 0 aliphatic heterocycles. The third-order valence-electron chi connectivity index (χ3n) is 1.81. The van der Waals surface area contributed by atoms with E-state index in [1.54, 1.807) is 6.07 Å². The summed E-state index contributed by atoms with van der Waals surface area (Å²) < 4.78 is 1.49. The highest BCUT2D eigenvalue weighted by Gasteiger charge is 2.09. The molecule has 0 aliphatic carbocycles. The van der Waals surface area contributed by atoms with Crippen molar-refractivity contribution < 1.29 is 0 Å². The molecular formula is C8H5ClN4. The number of nitriles is 1. The molecular weight excluding hydrogens is 188 g/mol. The van der Waals surface area contributed by atoms with Crippen molar-refractivity contribution in [2.24, 2.45) is 0 Å². The molecule has 0 atom stereocenters. The maximum absolute atomic E-state index is 8.77. The van der Waals surface area contributed by atoms with Gasteiger partial charge in [0.25, 0.3) is 0 Å². The van der Waals surface area contributed by atoms with E-state index in [0.29, 0.717) is 16.4 Å². The van der Waals surface area contributed by atoms with Crippen molar-refractivity contribution >= 4 is 17.1 Å². The number of hydrogen-bond acceptors (Lipinski definition) is 3. The minimum absolute atomic E-state index is 0.369. The normalized spacial score (nSPS) is 10.2. The second-order valence-corrected chi connectivity index (χ2v) is 2.99. The second kappa shape index (κ2) is 2.71. The van der Waals surface area contributed by atoms with Crippen LogP contribution >= 0.6 is 11.6 Å². The van der Waals surface area contributed by atoms with Crippen molar-refractivity contribution in [1.82, 2.24) is 14.6 Å². The summed E-state index contributed by atoms with van der Waals surface area (Å²) in [7, 11) is 0. The molecule has 4 nitrogen and oxygen atoms in total. The maximum atomic E-state index is 8.77. The highest BCUT2D eigenvalue weighted by Crippen LogP contribution is 2.20. The van der Waals surface area contributed by atoms with Gasteiger partial charge in [0.15, 0.2) is 5.15 Å². The fraction of sp³-hybridized carbons (Fsp3) is 0.125. The number of hydrogen-bond donors (Lipinski definition) is 0. The summed E-state index contributed by atoms with van der Waals surface area (Å²) in [5.41, 5.74) is 2.07. The lowest BCUT2D eigenvalue weighted by molar-refractivity contribution is 0.889. The predicted octanol–water partition coefficient (Wildman–Crippen LogP) is 1.56. The highest BCUT2D eigenvalue weighted by atomic mass is 35.5. The van der Waals surface area contributed by atoms with E-state index in [1.807, 2.05) is 13.0 Å². The summed E-state index contributed by atoms with van der Waals surface area (Å²) in [5.74, 6) is 0. The SMILES string of the molecule is Cc1cc(C#N)n2ncnc(Cl)c12. The van der Waals surface area contributed by atoms with Gasteiger partial charge in [0.05, 0.1) is 0 Å². The zero-order valence-electron chi connectivity index (χ0n) is 6.82. The quantitative estimate of drug-likeness (QED) is 0.637. The van der Waals surface area contributed by atoms with Gasteiger partial charge in [-0.3, -0.25) is 0 Å². The summed E-state index contributed by atoms with van der Waals surface area (Å²) in [5, 5.41) is 13.1. The molecule has 0 amide bonds. The third kappa shape index (κ3) is 1.05. The molecule has 0 spiro atoms. The molecule has 0 fully saturated rings. The van der Waals surface area contributed by atoms with Gasteiger partial charge in [-0.2, -0.15) is 10.4 Å². The van der Waals surface area contributed by atoms with Crippen molar-refractivity contribution in [2.45, 2.75) is 6.92 Å². The molecule has 2 rings (SSSR count). The van der Waals surface area contributed by atoms with Crippen LogP contribution in [0.1, 0.15) is 11.3 Å². The van der Waals surface area contributed by atoms with Gasteiger partial charge < -0.3 is 0 Å². The predicted molar refractivity (Wildman–Crippen MR) is 47.4 cm³/mol. The molecule has 0 radical (unpaired) electrons. The lowest BCUT2D eigenvalue weighted by Gasteiger charge is -1.95. The summed E-state index contributed by atoms with van der Waals surface area (Å²) >= 11 is 5.85. The van der Waals surface area contributed by atoms with Crippen LogP contribution < -0.4 is 0 Å². The van der Waals surface area contributed by atoms with Gasteiger partial charge in [0.1, 0.15) is 23.6 Å². The minimum Gasteiger partial charge on any atom is -0.220 e. The summed E-state index contributed by atoms with van der Waals surface area (Å²) in [6.45, 7) is 1.87. The fourth-order valence-corrected chi connectivity index (χ4v) is 1.53. The van der Waals surface area contributed by atoms with E-state index in [0.717, 1.165) is 5.56 Å². The number of halogens is 1. The Morgan fingerprint density at radius 1 is 1.62 bits per heavy atom. The Bertz CT molecular complexity index is 509. The van der Waals surface area contributed by atoms with E-state index in [9.17, 15) is 0 Å². The first-order chi connectivity index (χ1) is 6.24. The molecule has 0 aliphatic rings. The number of rotatable bonds is 0. The second-order valence-electron chi connectivity index (χ2n) is 2.64. The van der Waals surface area contributed by atoms with Crippen molar-refractivity contribution in [1.29, 1.82) is 5.26 Å². The Labute approximate surface area is 79.4 Å². The molecule has 13 heavy (non-hydrogen) atoms. The van der Waals surface area contributed by atoms with Crippen LogP contribution in [0, 0.1) is 18.3 Å². The van der Waals surface area contributed by atoms with Crippen LogP contribution in [0.3, 0.4) is 0 Å².